The number of hydrogen-bond acceptors (Lipinski definition) is 5. The smallest absolute Gasteiger partial charge is 0.226 e. The number of nitrogens with two attached hydrogens (primary N) is 1. The predicted molar refractivity (Wildman–Crippen MR) is 108 cm³/mol. The van der Waals surface area contributed by atoms with Gasteiger partial charge in [-0.1, -0.05) is 0 Å². The average Bonchev–Trinajstić information content (AvgIpc) is 3.42. The summed E-state index contributed by atoms with van der Waals surface area (Å²) in [5.74, 6) is 1.41. The van der Waals surface area contributed by atoms with Crippen LogP contribution < -0.4 is 11.2 Å². The van der Waals surface area contributed by atoms with Gasteiger partial charge >= 0.3 is 0 Å². The van der Waals surface area contributed by atoms with Crippen LogP contribution in [0.1, 0.15) is 52.4 Å². The lowest BCUT2D eigenvalue weighted by Crippen LogP contribution is -2.67. The van der Waals surface area contributed by atoms with Crippen LogP contribution >= 0.6 is 0 Å². The fourth-order valence-electron chi connectivity index (χ4n) is 5.84. The summed E-state index contributed by atoms with van der Waals surface area (Å²) in [6.07, 6.45) is 5.41. The number of piperazine rings is 1. The number of hydrazine groups is 1. The third-order valence-electron chi connectivity index (χ3n) is 7.42. The fourth-order valence-corrected chi connectivity index (χ4v) is 5.84. The maximum absolute atomic E-state index is 13.0. The molecule has 4 aliphatic rings. The van der Waals surface area contributed by atoms with E-state index in [0.717, 1.165) is 45.2 Å². The first-order valence-corrected chi connectivity index (χ1v) is 11.2. The molecule has 0 aromatic rings. The monoisotopic (exact) mass is 405 g/mol. The van der Waals surface area contributed by atoms with Gasteiger partial charge in [0.1, 0.15) is 0 Å². The zero-order chi connectivity index (χ0) is 20.7. The Morgan fingerprint density at radius 3 is 2.45 bits per heavy atom. The van der Waals surface area contributed by atoms with Gasteiger partial charge in [-0.2, -0.15) is 0 Å². The van der Waals surface area contributed by atoms with E-state index in [0.29, 0.717) is 37.3 Å². The zero-order valence-corrected chi connectivity index (χ0v) is 17.7. The molecule has 0 bridgehead atoms. The third kappa shape index (κ3) is 4.28. The van der Waals surface area contributed by atoms with Gasteiger partial charge in [0.15, 0.2) is 0 Å². The van der Waals surface area contributed by atoms with Crippen LogP contribution in [0.15, 0.2) is 0 Å². The van der Waals surface area contributed by atoms with E-state index in [2.05, 4.69) is 22.3 Å². The molecule has 8 nitrogen and oxygen atoms in total. The molecule has 0 radical (unpaired) electrons. The van der Waals surface area contributed by atoms with Crippen LogP contribution in [0.2, 0.25) is 0 Å². The van der Waals surface area contributed by atoms with Gasteiger partial charge in [0, 0.05) is 51.5 Å². The zero-order valence-electron chi connectivity index (χ0n) is 17.7. The van der Waals surface area contributed by atoms with Crippen LogP contribution in [-0.2, 0) is 14.4 Å². The molecule has 2 saturated carbocycles. The lowest BCUT2D eigenvalue weighted by atomic mass is 9.73. The van der Waals surface area contributed by atoms with E-state index in [1.165, 1.54) is 0 Å². The maximum Gasteiger partial charge on any atom is 0.226 e. The first-order valence-electron chi connectivity index (χ1n) is 11.2. The molecule has 2 saturated heterocycles. The minimum atomic E-state index is -0.273. The molecular formula is C21H35N5O3. The van der Waals surface area contributed by atoms with Crippen molar-refractivity contribution in [3.05, 3.63) is 0 Å². The van der Waals surface area contributed by atoms with Crippen molar-refractivity contribution in [2.24, 2.45) is 23.5 Å². The lowest BCUT2D eigenvalue weighted by molar-refractivity contribution is -0.155. The van der Waals surface area contributed by atoms with Gasteiger partial charge < -0.3 is 15.5 Å². The third-order valence-corrected chi connectivity index (χ3v) is 7.42. The van der Waals surface area contributed by atoms with Crippen molar-refractivity contribution in [1.29, 1.82) is 0 Å². The Bertz CT molecular complexity index is 667. The molecular weight excluding hydrogens is 370 g/mol. The Morgan fingerprint density at radius 2 is 1.79 bits per heavy atom. The number of nitrogens with one attached hydrogen (secondary N) is 1. The largest absolute Gasteiger partial charge is 0.370 e. The molecule has 0 spiro atoms. The molecule has 2 aliphatic heterocycles. The van der Waals surface area contributed by atoms with Crippen LogP contribution in [0, 0.1) is 17.8 Å². The average molecular weight is 406 g/mol. The second-order valence-electron chi connectivity index (χ2n) is 9.53. The second-order valence-corrected chi connectivity index (χ2v) is 9.53. The maximum atomic E-state index is 13.0. The highest BCUT2D eigenvalue weighted by Crippen LogP contribution is 2.41. The van der Waals surface area contributed by atoms with Crippen LogP contribution in [0.3, 0.4) is 0 Å². The highest BCUT2D eigenvalue weighted by molar-refractivity contribution is 5.82. The Balaban J connectivity index is 1.45. The summed E-state index contributed by atoms with van der Waals surface area (Å²) >= 11 is 0. The van der Waals surface area contributed by atoms with E-state index < -0.39 is 0 Å². The number of nitrogens with zero attached hydrogens (tertiary/aromatic N) is 3. The number of carbonyl (C=O) groups excluding carboxylic acids is 3. The van der Waals surface area contributed by atoms with E-state index in [9.17, 15) is 14.4 Å². The van der Waals surface area contributed by atoms with E-state index in [1.807, 2.05) is 4.90 Å². The summed E-state index contributed by atoms with van der Waals surface area (Å²) < 4.78 is 0. The lowest BCUT2D eigenvalue weighted by Gasteiger charge is -2.54. The van der Waals surface area contributed by atoms with Crippen molar-refractivity contribution in [1.82, 2.24) is 20.2 Å². The Kier molecular flexibility index (Phi) is 5.84. The number of amides is 3. The molecule has 4 unspecified atom stereocenters. The summed E-state index contributed by atoms with van der Waals surface area (Å²) in [6, 6.07) is 0.377. The van der Waals surface area contributed by atoms with Gasteiger partial charge in [-0.15, -0.1) is 0 Å². The van der Waals surface area contributed by atoms with Gasteiger partial charge in [-0.3, -0.25) is 19.8 Å². The molecule has 2 heterocycles. The van der Waals surface area contributed by atoms with Gasteiger partial charge in [0.2, 0.25) is 17.7 Å². The molecule has 0 aromatic heterocycles. The predicted octanol–water partition coefficient (Wildman–Crippen LogP) is 0.325. The molecule has 29 heavy (non-hydrogen) atoms. The number of hydrogen-bond donors (Lipinski definition) is 2. The fraction of sp³-hybridized carbons (Fsp3) is 0.857. The summed E-state index contributed by atoms with van der Waals surface area (Å²) in [7, 11) is 0. The van der Waals surface area contributed by atoms with Gasteiger partial charge in [0.05, 0.1) is 12.1 Å². The second kappa shape index (κ2) is 8.22. The number of primary amides is 1. The normalized spacial score (nSPS) is 35.4. The molecule has 4 rings (SSSR count). The quantitative estimate of drug-likeness (QED) is 0.687. The number of fused-ring (bicyclic) bond motifs is 1. The van der Waals surface area contributed by atoms with Crippen molar-refractivity contribution >= 4 is 17.7 Å². The van der Waals surface area contributed by atoms with Crippen LogP contribution in [0.25, 0.3) is 0 Å². The molecule has 0 aromatic carbocycles. The first-order chi connectivity index (χ1) is 13.8. The van der Waals surface area contributed by atoms with Crippen LogP contribution in [0.4, 0.5) is 0 Å². The van der Waals surface area contributed by atoms with E-state index in [-0.39, 0.29) is 35.9 Å². The number of carbonyl (C=O) groups is 3. The molecule has 8 heteroatoms. The molecule has 162 valence electrons. The van der Waals surface area contributed by atoms with Gasteiger partial charge in [0.25, 0.3) is 0 Å². The van der Waals surface area contributed by atoms with E-state index in [1.54, 1.807) is 6.92 Å². The SMILES string of the molecule is CC(=O)N1C2CCC(C3CNN(CCC(N)=O)C3)CC2N(C(=O)C2CC2)C[C@@H]1C. The van der Waals surface area contributed by atoms with Crippen molar-refractivity contribution in [2.45, 2.75) is 70.5 Å². The van der Waals surface area contributed by atoms with Crippen molar-refractivity contribution < 1.29 is 14.4 Å². The van der Waals surface area contributed by atoms with Crippen LogP contribution in [0.5, 0.6) is 0 Å². The van der Waals surface area contributed by atoms with Crippen molar-refractivity contribution in [3.63, 3.8) is 0 Å². The molecule has 5 atom stereocenters. The Morgan fingerprint density at radius 1 is 1.03 bits per heavy atom. The molecule has 3 amide bonds. The first kappa shape index (κ1) is 20.6. The Hall–Kier alpha value is -1.67. The molecule has 3 N–H and O–H groups in total. The summed E-state index contributed by atoms with van der Waals surface area (Å²) in [5.41, 5.74) is 8.69. The standard InChI is InChI=1S/C21H35N5O3/c1-13-11-25(21(29)15-3-4-15)19-9-16(5-6-18(19)26(13)14(2)27)17-10-23-24(12-17)8-7-20(22)28/h13,15-19,23H,3-12H2,1-2H3,(H2,22,28)/t13-,16?,17?,18?,19?/m0/s1. The Labute approximate surface area is 173 Å². The highest BCUT2D eigenvalue weighted by Gasteiger charge is 2.49. The summed E-state index contributed by atoms with van der Waals surface area (Å²) in [4.78, 5) is 40.6. The van der Waals surface area contributed by atoms with Gasteiger partial charge in [-0.25, -0.2) is 5.01 Å². The summed E-state index contributed by atoms with van der Waals surface area (Å²) in [5, 5.41) is 2.11. The summed E-state index contributed by atoms with van der Waals surface area (Å²) in [6.45, 7) is 6.87. The topological polar surface area (TPSA) is 99.0 Å². The number of rotatable bonds is 5. The highest BCUT2D eigenvalue weighted by atomic mass is 16.2. The minimum Gasteiger partial charge on any atom is -0.370 e. The van der Waals surface area contributed by atoms with Crippen molar-refractivity contribution in [3.8, 4) is 0 Å². The van der Waals surface area contributed by atoms with Crippen LogP contribution in [-0.4, -0.2) is 76.8 Å². The van der Waals surface area contributed by atoms with E-state index in [4.69, 9.17) is 5.73 Å². The molecule has 4 fully saturated rings. The molecule has 2 aliphatic carbocycles. The van der Waals surface area contributed by atoms with E-state index >= 15 is 0 Å². The minimum absolute atomic E-state index is 0.0884. The van der Waals surface area contributed by atoms with Crippen molar-refractivity contribution in [2.75, 3.05) is 26.2 Å². The van der Waals surface area contributed by atoms with Gasteiger partial charge in [-0.05, 0) is 50.9 Å².